The van der Waals surface area contributed by atoms with Crippen molar-refractivity contribution in [3.05, 3.63) is 0 Å². The van der Waals surface area contributed by atoms with Crippen LogP contribution in [0.1, 0.15) is 6.42 Å². The molecule has 1 N–H and O–H groups in total. The second kappa shape index (κ2) is 6.16. The molecule has 4 nitrogen and oxygen atoms in total. The summed E-state index contributed by atoms with van der Waals surface area (Å²) in [6.07, 6.45) is -1.09. The molecule has 0 fully saturated rings. The summed E-state index contributed by atoms with van der Waals surface area (Å²) in [7, 11) is 5.66. The first-order chi connectivity index (χ1) is 4.81. The van der Waals surface area contributed by atoms with Crippen LogP contribution in [0.5, 0.6) is 0 Å². The van der Waals surface area contributed by atoms with E-state index in [9.17, 15) is 9.90 Å². The number of aliphatic hydroxyl groups excluding tert-OH is 1. The first-order valence-electron chi connectivity index (χ1n) is 3.49. The predicted octanol–water partition coefficient (Wildman–Crippen LogP) is -2.19. The van der Waals surface area contributed by atoms with Gasteiger partial charge in [-0.05, 0) is 0 Å². The summed E-state index contributed by atoms with van der Waals surface area (Å²) in [5, 5.41) is 19.1. The maximum absolute atomic E-state index is 10.0. The number of carbonyl (C=O) groups excluding carboxylic acids is 1. The molecule has 0 saturated heterocycles. The van der Waals surface area contributed by atoms with Gasteiger partial charge in [0.1, 0.15) is 12.6 Å². The van der Waals surface area contributed by atoms with Gasteiger partial charge >= 0.3 is 0 Å². The molecule has 0 aromatic rings. The molecule has 0 bridgehead atoms. The van der Waals surface area contributed by atoms with Gasteiger partial charge in [0.15, 0.2) is 0 Å². The smallest absolute Gasteiger partial charge is 0.108 e. The summed E-state index contributed by atoms with van der Waals surface area (Å²) >= 11 is 0. The van der Waals surface area contributed by atoms with E-state index in [1.54, 1.807) is 0 Å². The van der Waals surface area contributed by atoms with Gasteiger partial charge < -0.3 is 19.5 Å². The summed E-state index contributed by atoms with van der Waals surface area (Å²) in [6, 6.07) is 0. The maximum atomic E-state index is 10.0. The Morgan fingerprint density at radius 2 is 1.92 bits per heavy atom. The average molecular weight is 201 g/mol. The van der Waals surface area contributed by atoms with Crippen LogP contribution in [-0.4, -0.2) is 87.1 Å². The summed E-state index contributed by atoms with van der Waals surface area (Å²) in [5.74, 6) is -1.20. The predicted molar refractivity (Wildman–Crippen MR) is 44.3 cm³/mol. The normalized spacial score (nSPS) is 13.3. The van der Waals surface area contributed by atoms with Gasteiger partial charge in [-0.2, -0.15) is 0 Å². The monoisotopic (exact) mass is 201 g/mol. The molecule has 0 unspecified atom stereocenters. The van der Waals surface area contributed by atoms with Crippen LogP contribution in [0.3, 0.4) is 0 Å². The standard InChI is InChI=1S/C7H15NO3.Ca/c1-8(2,3)5-6(9)4-7(10)11;/h6,9H,4-5H2,1-3H3;/t6-;/m1./s1. The molecule has 2 radical (unpaired) electrons. The second-order valence-electron chi connectivity index (χ2n) is 3.70. The molecular formula is C7H15CaNO3. The summed E-state index contributed by atoms with van der Waals surface area (Å²) < 4.78 is 0.550. The van der Waals surface area contributed by atoms with E-state index in [4.69, 9.17) is 5.11 Å². The number of carboxylic acids is 1. The Balaban J connectivity index is 0. The number of carbonyl (C=O) groups is 1. The third-order valence-electron chi connectivity index (χ3n) is 1.16. The molecule has 1 atom stereocenters. The molecule has 0 spiro atoms. The van der Waals surface area contributed by atoms with E-state index in [2.05, 4.69) is 0 Å². The zero-order valence-electron chi connectivity index (χ0n) is 7.91. The van der Waals surface area contributed by atoms with E-state index >= 15 is 0 Å². The Labute approximate surface area is 103 Å². The first-order valence-corrected chi connectivity index (χ1v) is 3.49. The van der Waals surface area contributed by atoms with Crippen LogP contribution in [0, 0.1) is 0 Å². The summed E-state index contributed by atoms with van der Waals surface area (Å²) in [5.41, 5.74) is 0. The number of rotatable bonds is 4. The summed E-state index contributed by atoms with van der Waals surface area (Å²) in [4.78, 5) is 10.0. The second-order valence-corrected chi connectivity index (χ2v) is 3.70. The van der Waals surface area contributed by atoms with Crippen molar-refractivity contribution in [3.8, 4) is 0 Å². The number of aliphatic hydroxyl groups is 1. The molecule has 0 amide bonds. The SMILES string of the molecule is C[N+](C)(C)C[C@H](O)CC(=O)[O-].[Ca]. The fraction of sp³-hybridized carbons (Fsp3) is 0.857. The Morgan fingerprint density at radius 3 is 2.17 bits per heavy atom. The van der Waals surface area contributed by atoms with Crippen LogP contribution < -0.4 is 5.11 Å². The van der Waals surface area contributed by atoms with Crippen molar-refractivity contribution in [2.24, 2.45) is 0 Å². The van der Waals surface area contributed by atoms with E-state index in [-0.39, 0.29) is 44.2 Å². The van der Waals surface area contributed by atoms with Crippen molar-refractivity contribution < 1.29 is 19.5 Å². The van der Waals surface area contributed by atoms with E-state index < -0.39 is 12.1 Å². The van der Waals surface area contributed by atoms with Gasteiger partial charge in [0.25, 0.3) is 0 Å². The molecule has 0 aliphatic rings. The number of likely N-dealkylation sites (N-methyl/N-ethyl adjacent to an activating group) is 1. The molecule has 5 heteroatoms. The minimum atomic E-state index is -1.20. The molecule has 0 saturated carbocycles. The van der Waals surface area contributed by atoms with Gasteiger partial charge in [0, 0.05) is 50.1 Å². The minimum Gasteiger partial charge on any atom is -0.550 e. The molecule has 0 aliphatic carbocycles. The minimum absolute atomic E-state index is 0. The van der Waals surface area contributed by atoms with Gasteiger partial charge in [-0.3, -0.25) is 0 Å². The number of quaternary nitrogens is 1. The Kier molecular flexibility index (Phi) is 7.77. The van der Waals surface area contributed by atoms with Gasteiger partial charge in [0.05, 0.1) is 21.1 Å². The van der Waals surface area contributed by atoms with Gasteiger partial charge in [-0.25, -0.2) is 0 Å². The number of nitrogens with zero attached hydrogens (tertiary/aromatic N) is 1. The molecule has 12 heavy (non-hydrogen) atoms. The third kappa shape index (κ3) is 10.6. The van der Waals surface area contributed by atoms with E-state index in [0.29, 0.717) is 11.0 Å². The summed E-state index contributed by atoms with van der Waals surface area (Å²) in [6.45, 7) is 0.425. The van der Waals surface area contributed by atoms with Crippen LogP contribution in [-0.2, 0) is 4.79 Å². The molecule has 0 aromatic carbocycles. The number of hydrogen-bond donors (Lipinski definition) is 1. The van der Waals surface area contributed by atoms with Crippen LogP contribution in [0.15, 0.2) is 0 Å². The molecule has 0 rings (SSSR count). The Hall–Kier alpha value is 0.650. The molecule has 0 heterocycles. The van der Waals surface area contributed by atoms with Crippen LogP contribution in [0.2, 0.25) is 0 Å². The van der Waals surface area contributed by atoms with E-state index in [1.165, 1.54) is 0 Å². The molecule has 0 aliphatic heterocycles. The van der Waals surface area contributed by atoms with Crippen molar-refractivity contribution in [3.63, 3.8) is 0 Å². The van der Waals surface area contributed by atoms with Crippen LogP contribution in [0.4, 0.5) is 0 Å². The molecule has 0 aromatic heterocycles. The van der Waals surface area contributed by atoms with Crippen LogP contribution >= 0.6 is 0 Å². The van der Waals surface area contributed by atoms with Crippen molar-refractivity contribution in [1.29, 1.82) is 0 Å². The van der Waals surface area contributed by atoms with E-state index in [0.717, 1.165) is 0 Å². The maximum Gasteiger partial charge on any atom is 0.108 e. The zero-order chi connectivity index (χ0) is 9.07. The van der Waals surface area contributed by atoms with Crippen LogP contribution in [0.25, 0.3) is 0 Å². The number of aliphatic carboxylic acids is 1. The largest absolute Gasteiger partial charge is 0.550 e. The van der Waals surface area contributed by atoms with Crippen molar-refractivity contribution in [2.45, 2.75) is 12.5 Å². The quantitative estimate of drug-likeness (QED) is 0.415. The number of carboxylic acid groups (broad SMARTS) is 1. The van der Waals surface area contributed by atoms with Crippen molar-refractivity contribution in [2.75, 3.05) is 27.7 Å². The molecule has 68 valence electrons. The molecular weight excluding hydrogens is 186 g/mol. The Bertz CT molecular complexity index is 144. The van der Waals surface area contributed by atoms with Gasteiger partial charge in [0.2, 0.25) is 0 Å². The van der Waals surface area contributed by atoms with Gasteiger partial charge in [-0.15, -0.1) is 0 Å². The first kappa shape index (κ1) is 15.1. The Morgan fingerprint density at radius 1 is 1.50 bits per heavy atom. The van der Waals surface area contributed by atoms with Gasteiger partial charge in [-0.1, -0.05) is 0 Å². The zero-order valence-corrected chi connectivity index (χ0v) is 10.1. The fourth-order valence-electron chi connectivity index (χ4n) is 0.889. The van der Waals surface area contributed by atoms with Crippen molar-refractivity contribution >= 4 is 43.7 Å². The van der Waals surface area contributed by atoms with Crippen molar-refractivity contribution in [1.82, 2.24) is 0 Å². The van der Waals surface area contributed by atoms with E-state index in [1.807, 2.05) is 21.1 Å². The average Bonchev–Trinajstić information content (AvgIpc) is 1.53. The fourth-order valence-corrected chi connectivity index (χ4v) is 0.889. The third-order valence-corrected chi connectivity index (χ3v) is 1.16. The topological polar surface area (TPSA) is 60.4 Å². The number of hydrogen-bond acceptors (Lipinski definition) is 3.